The predicted octanol–water partition coefficient (Wildman–Crippen LogP) is 1.90. The van der Waals surface area contributed by atoms with E-state index in [-0.39, 0.29) is 5.91 Å². The number of carbonyl (C=O) groups is 1. The van der Waals surface area contributed by atoms with Crippen LogP contribution in [0.2, 0.25) is 0 Å². The third kappa shape index (κ3) is 0.997. The number of halogens is 1. The fourth-order valence-electron chi connectivity index (χ4n) is 1.24. The van der Waals surface area contributed by atoms with Gasteiger partial charge in [-0.2, -0.15) is 0 Å². The minimum atomic E-state index is 0.0914. The molecule has 2 nitrogen and oxygen atoms in total. The number of hydrogen-bond donors (Lipinski definition) is 1. The Balaban J connectivity index is 2.69. The molecule has 1 aromatic heterocycles. The third-order valence-electron chi connectivity index (χ3n) is 1.82. The molecule has 0 fully saturated rings. The SMILES string of the molecule is Cc1sc(I)c2c1CNC2=O. The molecule has 1 aromatic rings. The van der Waals surface area contributed by atoms with E-state index in [1.165, 1.54) is 10.4 Å². The van der Waals surface area contributed by atoms with Crippen LogP contribution in [0.15, 0.2) is 0 Å². The molecule has 58 valence electrons. The molecule has 2 rings (SSSR count). The molecule has 1 aliphatic heterocycles. The normalized spacial score (nSPS) is 14.9. The zero-order valence-electron chi connectivity index (χ0n) is 5.90. The van der Waals surface area contributed by atoms with E-state index in [0.717, 1.165) is 15.0 Å². The lowest BCUT2D eigenvalue weighted by molar-refractivity contribution is 0.0965. The largest absolute Gasteiger partial charge is 0.348 e. The number of rotatable bonds is 0. The Morgan fingerprint density at radius 1 is 1.64 bits per heavy atom. The Morgan fingerprint density at radius 2 is 2.36 bits per heavy atom. The minimum Gasteiger partial charge on any atom is -0.348 e. The third-order valence-corrected chi connectivity index (χ3v) is 3.95. The molecule has 0 aliphatic carbocycles. The topological polar surface area (TPSA) is 29.1 Å². The van der Waals surface area contributed by atoms with Gasteiger partial charge in [0.1, 0.15) is 0 Å². The molecule has 4 heteroatoms. The van der Waals surface area contributed by atoms with Crippen LogP contribution >= 0.6 is 33.9 Å². The summed E-state index contributed by atoms with van der Waals surface area (Å²) >= 11 is 3.92. The molecule has 11 heavy (non-hydrogen) atoms. The van der Waals surface area contributed by atoms with E-state index in [0.29, 0.717) is 0 Å². The van der Waals surface area contributed by atoms with Gasteiger partial charge in [-0.1, -0.05) is 0 Å². The molecule has 0 aromatic carbocycles. The lowest BCUT2D eigenvalue weighted by Crippen LogP contribution is -2.13. The van der Waals surface area contributed by atoms with E-state index in [1.807, 2.05) is 0 Å². The Kier molecular flexibility index (Phi) is 1.68. The molecular formula is C7H6INOS. The van der Waals surface area contributed by atoms with Crippen molar-refractivity contribution in [2.24, 2.45) is 0 Å². The van der Waals surface area contributed by atoms with Crippen molar-refractivity contribution in [3.63, 3.8) is 0 Å². The van der Waals surface area contributed by atoms with Crippen LogP contribution < -0.4 is 5.32 Å². The second-order valence-corrected chi connectivity index (χ2v) is 5.50. The average molecular weight is 279 g/mol. The number of amides is 1. The number of thiophene rings is 1. The summed E-state index contributed by atoms with van der Waals surface area (Å²) in [6.45, 7) is 2.78. The van der Waals surface area contributed by atoms with E-state index < -0.39 is 0 Å². The fourth-order valence-corrected chi connectivity index (χ4v) is 3.68. The lowest BCUT2D eigenvalue weighted by atomic mass is 10.2. The van der Waals surface area contributed by atoms with E-state index >= 15 is 0 Å². The maximum atomic E-state index is 11.2. The van der Waals surface area contributed by atoms with Gasteiger partial charge in [0, 0.05) is 11.4 Å². The minimum absolute atomic E-state index is 0.0914. The first-order chi connectivity index (χ1) is 5.20. The highest BCUT2D eigenvalue weighted by atomic mass is 127. The van der Waals surface area contributed by atoms with E-state index in [2.05, 4.69) is 34.8 Å². The van der Waals surface area contributed by atoms with Gasteiger partial charge in [0.05, 0.1) is 8.45 Å². The van der Waals surface area contributed by atoms with Gasteiger partial charge in [0.25, 0.3) is 5.91 Å². The molecule has 0 spiro atoms. The van der Waals surface area contributed by atoms with Crippen molar-refractivity contribution >= 4 is 39.8 Å². The van der Waals surface area contributed by atoms with Gasteiger partial charge in [-0.25, -0.2) is 0 Å². The maximum Gasteiger partial charge on any atom is 0.253 e. The summed E-state index contributed by atoms with van der Waals surface area (Å²) in [5.41, 5.74) is 2.11. The highest BCUT2D eigenvalue weighted by molar-refractivity contribution is 14.1. The number of hydrogen-bond acceptors (Lipinski definition) is 2. The molecule has 0 unspecified atom stereocenters. The van der Waals surface area contributed by atoms with Crippen molar-refractivity contribution in [2.45, 2.75) is 13.5 Å². The van der Waals surface area contributed by atoms with Crippen molar-refractivity contribution in [3.8, 4) is 0 Å². The van der Waals surface area contributed by atoms with Gasteiger partial charge in [-0.05, 0) is 35.1 Å². The Hall–Kier alpha value is -0.100. The number of aryl methyl sites for hydroxylation is 1. The first kappa shape index (κ1) is 7.54. The van der Waals surface area contributed by atoms with Gasteiger partial charge in [-0.15, -0.1) is 11.3 Å². The molecule has 0 bridgehead atoms. The number of carbonyl (C=O) groups excluding carboxylic acids is 1. The summed E-state index contributed by atoms with van der Waals surface area (Å²) in [6.07, 6.45) is 0. The molecule has 2 heterocycles. The van der Waals surface area contributed by atoms with Crippen molar-refractivity contribution in [1.29, 1.82) is 0 Å². The van der Waals surface area contributed by atoms with Crippen LogP contribution in [0.5, 0.6) is 0 Å². The van der Waals surface area contributed by atoms with Crippen LogP contribution in [0.1, 0.15) is 20.8 Å². The summed E-state index contributed by atoms with van der Waals surface area (Å²) < 4.78 is 1.12. The monoisotopic (exact) mass is 279 g/mol. The number of fused-ring (bicyclic) bond motifs is 1. The fraction of sp³-hybridized carbons (Fsp3) is 0.286. The Morgan fingerprint density at radius 3 is 3.00 bits per heavy atom. The summed E-state index contributed by atoms with van der Waals surface area (Å²) in [5.74, 6) is 0.0914. The first-order valence-electron chi connectivity index (χ1n) is 3.26. The summed E-state index contributed by atoms with van der Waals surface area (Å²) in [4.78, 5) is 12.5. The van der Waals surface area contributed by atoms with Gasteiger partial charge in [-0.3, -0.25) is 4.79 Å². The maximum absolute atomic E-state index is 11.2. The zero-order chi connectivity index (χ0) is 8.01. The second-order valence-electron chi connectivity index (χ2n) is 2.47. The van der Waals surface area contributed by atoms with Crippen molar-refractivity contribution in [3.05, 3.63) is 18.9 Å². The second kappa shape index (κ2) is 2.45. The molecule has 1 N–H and O–H groups in total. The quantitative estimate of drug-likeness (QED) is 0.722. The molecule has 0 atom stereocenters. The van der Waals surface area contributed by atoms with Gasteiger partial charge < -0.3 is 5.32 Å². The van der Waals surface area contributed by atoms with Crippen LogP contribution in [0.3, 0.4) is 0 Å². The molecule has 1 amide bonds. The van der Waals surface area contributed by atoms with Crippen molar-refractivity contribution in [2.75, 3.05) is 0 Å². The van der Waals surface area contributed by atoms with Crippen LogP contribution in [-0.2, 0) is 6.54 Å². The Bertz CT molecular complexity index is 331. The summed E-state index contributed by atoms with van der Waals surface area (Å²) in [5, 5.41) is 2.81. The van der Waals surface area contributed by atoms with Crippen molar-refractivity contribution in [1.82, 2.24) is 5.32 Å². The van der Waals surface area contributed by atoms with Gasteiger partial charge >= 0.3 is 0 Å². The van der Waals surface area contributed by atoms with Crippen LogP contribution in [0.4, 0.5) is 0 Å². The lowest BCUT2D eigenvalue weighted by Gasteiger charge is -1.89. The standard InChI is InChI=1S/C7H6INOS/c1-3-4-2-9-7(10)5(4)6(8)11-3/h2H2,1H3,(H,9,10). The van der Waals surface area contributed by atoms with Crippen LogP contribution in [0, 0.1) is 9.81 Å². The molecular weight excluding hydrogens is 273 g/mol. The van der Waals surface area contributed by atoms with Crippen LogP contribution in [0.25, 0.3) is 0 Å². The van der Waals surface area contributed by atoms with Gasteiger partial charge in [0.15, 0.2) is 0 Å². The molecule has 1 aliphatic rings. The van der Waals surface area contributed by atoms with E-state index in [4.69, 9.17) is 0 Å². The average Bonchev–Trinajstić information content (AvgIpc) is 2.41. The van der Waals surface area contributed by atoms with Crippen molar-refractivity contribution < 1.29 is 4.79 Å². The highest BCUT2D eigenvalue weighted by Crippen LogP contribution is 2.31. The summed E-state index contributed by atoms with van der Waals surface area (Å²) in [7, 11) is 0. The van der Waals surface area contributed by atoms with Crippen LogP contribution in [-0.4, -0.2) is 5.91 Å². The highest BCUT2D eigenvalue weighted by Gasteiger charge is 2.25. The Labute approximate surface area is 82.1 Å². The predicted molar refractivity (Wildman–Crippen MR) is 52.9 cm³/mol. The smallest absolute Gasteiger partial charge is 0.253 e. The van der Waals surface area contributed by atoms with E-state index in [1.54, 1.807) is 11.3 Å². The zero-order valence-corrected chi connectivity index (χ0v) is 8.88. The number of nitrogens with one attached hydrogen (secondary N) is 1. The van der Waals surface area contributed by atoms with Gasteiger partial charge in [0.2, 0.25) is 0 Å². The first-order valence-corrected chi connectivity index (χ1v) is 5.15. The molecule has 0 radical (unpaired) electrons. The molecule has 0 saturated carbocycles. The van der Waals surface area contributed by atoms with E-state index in [9.17, 15) is 4.79 Å². The summed E-state index contributed by atoms with van der Waals surface area (Å²) in [6, 6.07) is 0. The molecule has 0 saturated heterocycles.